The molecule has 8 nitrogen and oxygen atoms in total. The van der Waals surface area contributed by atoms with Crippen LogP contribution >= 0.6 is 0 Å². The van der Waals surface area contributed by atoms with Crippen LogP contribution in [-0.2, 0) is 14.3 Å². The third-order valence-corrected chi connectivity index (χ3v) is 6.38. The fourth-order valence-electron chi connectivity index (χ4n) is 4.43. The molecule has 0 radical (unpaired) electrons. The van der Waals surface area contributed by atoms with Crippen LogP contribution in [0.4, 0.5) is 5.69 Å². The molecule has 1 aliphatic heterocycles. The molecule has 8 heteroatoms. The highest BCUT2D eigenvalue weighted by Crippen LogP contribution is 2.42. The minimum Gasteiger partial charge on any atom is -0.508 e. The number of phenolic OH excluding ortho intramolecular Hbond substituents is 1. The molecule has 1 unspecified atom stereocenters. The van der Waals surface area contributed by atoms with E-state index in [-0.39, 0.29) is 17.1 Å². The SMILES string of the molecule is CCCOC(=O)c1ccc(N2C(=O)C(=O)/C(=C(\O)c3ccc(OCCC)c(C)c3)C2c2ccc(O)cc2)cc1. The number of rotatable bonds is 9. The van der Waals surface area contributed by atoms with Gasteiger partial charge in [0.1, 0.15) is 17.3 Å². The highest BCUT2D eigenvalue weighted by Gasteiger charge is 2.47. The van der Waals surface area contributed by atoms with Crippen molar-refractivity contribution in [1.29, 1.82) is 0 Å². The van der Waals surface area contributed by atoms with Crippen LogP contribution in [0.2, 0.25) is 0 Å². The van der Waals surface area contributed by atoms with E-state index in [9.17, 15) is 24.6 Å². The van der Waals surface area contributed by atoms with E-state index in [1.165, 1.54) is 29.2 Å². The molecule has 0 aliphatic carbocycles. The first-order valence-electron chi connectivity index (χ1n) is 12.9. The van der Waals surface area contributed by atoms with E-state index in [0.29, 0.717) is 47.8 Å². The van der Waals surface area contributed by atoms with E-state index in [1.807, 2.05) is 20.8 Å². The molecule has 3 aromatic carbocycles. The Bertz CT molecular complexity index is 1410. The summed E-state index contributed by atoms with van der Waals surface area (Å²) in [6, 6.07) is 16.4. The number of aryl methyl sites for hydroxylation is 1. The third-order valence-electron chi connectivity index (χ3n) is 6.38. The Morgan fingerprint density at radius 1 is 0.897 bits per heavy atom. The molecule has 2 N–H and O–H groups in total. The highest BCUT2D eigenvalue weighted by molar-refractivity contribution is 6.51. The van der Waals surface area contributed by atoms with Gasteiger partial charge in [-0.25, -0.2) is 4.79 Å². The molecule has 0 aromatic heterocycles. The molecule has 39 heavy (non-hydrogen) atoms. The number of amides is 1. The second kappa shape index (κ2) is 11.9. The van der Waals surface area contributed by atoms with Gasteiger partial charge in [-0.05, 0) is 85.5 Å². The normalized spacial score (nSPS) is 16.4. The van der Waals surface area contributed by atoms with Crippen molar-refractivity contribution in [2.24, 2.45) is 0 Å². The molecule has 202 valence electrons. The Morgan fingerprint density at radius 2 is 1.54 bits per heavy atom. The summed E-state index contributed by atoms with van der Waals surface area (Å²) in [4.78, 5) is 40.3. The number of aromatic hydroxyl groups is 1. The van der Waals surface area contributed by atoms with Gasteiger partial charge in [0.2, 0.25) is 0 Å². The molecule has 1 amide bonds. The quantitative estimate of drug-likeness (QED) is 0.159. The first-order valence-corrected chi connectivity index (χ1v) is 12.9. The first-order chi connectivity index (χ1) is 18.8. The standard InChI is InChI=1S/C31H31NO7/c1-4-16-38-25-15-10-22(18-19(25)3)28(34)26-27(20-8-13-24(33)14-9-20)32(30(36)29(26)35)23-11-6-21(7-12-23)31(37)39-17-5-2/h6-15,18,27,33-34H,4-5,16-17H2,1-3H3/b28-26-. The Labute approximate surface area is 227 Å². The molecular weight excluding hydrogens is 498 g/mol. The Morgan fingerprint density at radius 3 is 2.15 bits per heavy atom. The Kier molecular flexibility index (Phi) is 8.34. The molecule has 1 fully saturated rings. The number of anilines is 1. The van der Waals surface area contributed by atoms with Gasteiger partial charge in [-0.15, -0.1) is 0 Å². The lowest BCUT2D eigenvalue weighted by atomic mass is 9.94. The molecule has 3 aromatic rings. The lowest BCUT2D eigenvalue weighted by Gasteiger charge is -2.25. The minimum atomic E-state index is -0.972. The molecular formula is C31H31NO7. The summed E-state index contributed by atoms with van der Waals surface area (Å²) in [5.74, 6) is -1.79. The lowest BCUT2D eigenvalue weighted by Crippen LogP contribution is -2.29. The fraction of sp³-hybridized carbons (Fsp3) is 0.258. The number of nitrogens with zero attached hydrogens (tertiary/aromatic N) is 1. The maximum absolute atomic E-state index is 13.4. The number of Topliss-reactive ketones (excluding diaryl/α,β-unsaturated/α-hetero) is 1. The molecule has 1 heterocycles. The van der Waals surface area contributed by atoms with Crippen LogP contribution in [0.1, 0.15) is 59.8 Å². The van der Waals surface area contributed by atoms with Crippen molar-refractivity contribution in [3.05, 3.63) is 94.6 Å². The number of aliphatic hydroxyl groups is 1. The van der Waals surface area contributed by atoms with E-state index in [4.69, 9.17) is 9.47 Å². The Balaban J connectivity index is 1.80. The number of phenols is 1. The predicted octanol–water partition coefficient (Wildman–Crippen LogP) is 5.68. The summed E-state index contributed by atoms with van der Waals surface area (Å²) in [5.41, 5.74) is 2.24. The first kappa shape index (κ1) is 27.4. The van der Waals surface area contributed by atoms with Gasteiger partial charge < -0.3 is 19.7 Å². The van der Waals surface area contributed by atoms with E-state index in [0.717, 1.165) is 12.0 Å². The van der Waals surface area contributed by atoms with Gasteiger partial charge in [-0.2, -0.15) is 0 Å². The van der Waals surface area contributed by atoms with Crippen LogP contribution < -0.4 is 9.64 Å². The van der Waals surface area contributed by atoms with Crippen molar-refractivity contribution in [3.8, 4) is 11.5 Å². The smallest absolute Gasteiger partial charge is 0.338 e. The Hall–Kier alpha value is -4.59. The van der Waals surface area contributed by atoms with Crippen LogP contribution in [0.3, 0.4) is 0 Å². The second-order valence-electron chi connectivity index (χ2n) is 9.27. The highest BCUT2D eigenvalue weighted by atomic mass is 16.5. The second-order valence-corrected chi connectivity index (χ2v) is 9.27. The number of hydrogen-bond acceptors (Lipinski definition) is 7. The molecule has 1 saturated heterocycles. The number of ether oxygens (including phenoxy) is 2. The van der Waals surface area contributed by atoms with Crippen molar-refractivity contribution < 1.29 is 34.1 Å². The number of hydrogen-bond donors (Lipinski definition) is 2. The van der Waals surface area contributed by atoms with Gasteiger partial charge >= 0.3 is 5.97 Å². The molecule has 1 aliphatic rings. The number of ketones is 1. The zero-order valence-electron chi connectivity index (χ0n) is 22.1. The maximum atomic E-state index is 13.4. The number of esters is 1. The average Bonchev–Trinajstić information content (AvgIpc) is 3.21. The monoisotopic (exact) mass is 529 g/mol. The number of carbonyl (C=O) groups is 3. The van der Waals surface area contributed by atoms with Crippen molar-refractivity contribution in [2.45, 2.75) is 39.7 Å². The van der Waals surface area contributed by atoms with Crippen molar-refractivity contribution in [2.75, 3.05) is 18.1 Å². The lowest BCUT2D eigenvalue weighted by molar-refractivity contribution is -0.132. The maximum Gasteiger partial charge on any atom is 0.338 e. The summed E-state index contributed by atoms with van der Waals surface area (Å²) in [7, 11) is 0. The number of benzene rings is 3. The van der Waals surface area contributed by atoms with Crippen LogP contribution in [0.5, 0.6) is 11.5 Å². The molecule has 4 rings (SSSR count). The summed E-state index contributed by atoms with van der Waals surface area (Å²) in [5, 5.41) is 21.2. The van der Waals surface area contributed by atoms with E-state index in [1.54, 1.807) is 42.5 Å². The van der Waals surface area contributed by atoms with Crippen molar-refractivity contribution in [1.82, 2.24) is 0 Å². The van der Waals surface area contributed by atoms with Gasteiger partial charge in [0, 0.05) is 11.3 Å². The molecule has 0 bridgehead atoms. The summed E-state index contributed by atoms with van der Waals surface area (Å²) in [6.07, 6.45) is 1.54. The van der Waals surface area contributed by atoms with Crippen LogP contribution in [-0.4, -0.2) is 41.1 Å². The van der Waals surface area contributed by atoms with Gasteiger partial charge in [0.25, 0.3) is 11.7 Å². The summed E-state index contributed by atoms with van der Waals surface area (Å²) >= 11 is 0. The fourth-order valence-corrected chi connectivity index (χ4v) is 4.43. The van der Waals surface area contributed by atoms with Crippen LogP contribution in [0, 0.1) is 6.92 Å². The zero-order chi connectivity index (χ0) is 28.1. The van der Waals surface area contributed by atoms with Gasteiger partial charge in [0.15, 0.2) is 0 Å². The van der Waals surface area contributed by atoms with Crippen molar-refractivity contribution >= 4 is 29.1 Å². The predicted molar refractivity (Wildman–Crippen MR) is 147 cm³/mol. The number of aliphatic hydroxyl groups excluding tert-OH is 1. The zero-order valence-corrected chi connectivity index (χ0v) is 22.1. The van der Waals surface area contributed by atoms with Crippen LogP contribution in [0.25, 0.3) is 5.76 Å². The number of carbonyl (C=O) groups excluding carboxylic acids is 3. The van der Waals surface area contributed by atoms with Crippen LogP contribution in [0.15, 0.2) is 72.3 Å². The van der Waals surface area contributed by atoms with Gasteiger partial charge in [-0.1, -0.05) is 26.0 Å². The summed E-state index contributed by atoms with van der Waals surface area (Å²) in [6.45, 7) is 6.58. The molecule has 1 atom stereocenters. The van der Waals surface area contributed by atoms with Gasteiger partial charge in [-0.3, -0.25) is 14.5 Å². The van der Waals surface area contributed by atoms with E-state index < -0.39 is 23.7 Å². The minimum absolute atomic E-state index is 0.0175. The molecule has 0 spiro atoms. The topological polar surface area (TPSA) is 113 Å². The average molecular weight is 530 g/mol. The van der Waals surface area contributed by atoms with E-state index in [2.05, 4.69) is 0 Å². The largest absolute Gasteiger partial charge is 0.508 e. The molecule has 0 saturated carbocycles. The van der Waals surface area contributed by atoms with E-state index >= 15 is 0 Å². The van der Waals surface area contributed by atoms with Gasteiger partial charge in [0.05, 0.1) is 30.4 Å². The third kappa shape index (κ3) is 5.65. The van der Waals surface area contributed by atoms with Crippen molar-refractivity contribution in [3.63, 3.8) is 0 Å². The summed E-state index contributed by atoms with van der Waals surface area (Å²) < 4.78 is 10.9.